The summed E-state index contributed by atoms with van der Waals surface area (Å²) in [5.74, 6) is 1.50. The van der Waals surface area contributed by atoms with Crippen LogP contribution in [0.3, 0.4) is 0 Å². The lowest BCUT2D eigenvalue weighted by molar-refractivity contribution is -0.124. The highest BCUT2D eigenvalue weighted by Crippen LogP contribution is 2.36. The number of hydrogen-bond acceptors (Lipinski definition) is 4. The van der Waals surface area contributed by atoms with E-state index in [1.54, 1.807) is 0 Å². The van der Waals surface area contributed by atoms with Gasteiger partial charge in [0.15, 0.2) is 0 Å². The number of thioether (sulfide) groups is 1. The van der Waals surface area contributed by atoms with Gasteiger partial charge in [-0.3, -0.25) is 4.79 Å². The summed E-state index contributed by atoms with van der Waals surface area (Å²) in [6.45, 7) is 4.44. The summed E-state index contributed by atoms with van der Waals surface area (Å²) < 4.78 is 5.51. The zero-order valence-corrected chi connectivity index (χ0v) is 13.2. The van der Waals surface area contributed by atoms with Crippen LogP contribution in [0.5, 0.6) is 0 Å². The molecule has 2 aliphatic rings. The largest absolute Gasteiger partial charge is 0.381 e. The van der Waals surface area contributed by atoms with Crippen LogP contribution in [0.4, 0.5) is 0 Å². The van der Waals surface area contributed by atoms with Gasteiger partial charge in [-0.15, -0.1) is 12.4 Å². The highest BCUT2D eigenvalue weighted by molar-refractivity contribution is 8.00. The Hall–Kier alpha value is 0.0300. The van der Waals surface area contributed by atoms with Crippen LogP contribution < -0.4 is 11.1 Å². The molecule has 2 atom stereocenters. The third-order valence-corrected chi connectivity index (χ3v) is 5.55. The standard InChI is InChI=1S/C13H24N2O2S.ClH/c1-13(5-2-8-18-13)9-15-12(16)11(14)10-3-6-17-7-4-10;/h10-11H,2-9,14H2,1H3,(H,15,16);1H. The number of carbonyl (C=O) groups is 1. The molecule has 0 radical (unpaired) electrons. The van der Waals surface area contributed by atoms with Gasteiger partial charge in [0, 0.05) is 24.5 Å². The van der Waals surface area contributed by atoms with Gasteiger partial charge in [-0.2, -0.15) is 11.8 Å². The molecule has 0 aromatic carbocycles. The van der Waals surface area contributed by atoms with Crippen molar-refractivity contribution < 1.29 is 9.53 Å². The molecule has 3 N–H and O–H groups in total. The van der Waals surface area contributed by atoms with Crippen LogP contribution in [-0.2, 0) is 9.53 Å². The summed E-state index contributed by atoms with van der Waals surface area (Å²) in [7, 11) is 0. The van der Waals surface area contributed by atoms with E-state index in [4.69, 9.17) is 10.5 Å². The van der Waals surface area contributed by atoms with Crippen LogP contribution in [0, 0.1) is 5.92 Å². The van der Waals surface area contributed by atoms with E-state index in [0.717, 1.165) is 32.6 Å². The number of amides is 1. The summed E-state index contributed by atoms with van der Waals surface area (Å²) in [5.41, 5.74) is 6.05. The molecule has 2 saturated heterocycles. The molecular weight excluding hydrogens is 284 g/mol. The molecule has 0 spiro atoms. The smallest absolute Gasteiger partial charge is 0.237 e. The quantitative estimate of drug-likeness (QED) is 0.827. The predicted octanol–water partition coefficient (Wildman–Crippen LogP) is 1.56. The lowest BCUT2D eigenvalue weighted by Gasteiger charge is -2.28. The zero-order chi connectivity index (χ0) is 13.0. The van der Waals surface area contributed by atoms with E-state index in [9.17, 15) is 4.79 Å². The van der Waals surface area contributed by atoms with Crippen LogP contribution in [0.15, 0.2) is 0 Å². The lowest BCUT2D eigenvalue weighted by atomic mass is 9.91. The number of hydrogen-bond donors (Lipinski definition) is 2. The average Bonchev–Trinajstić information content (AvgIpc) is 2.83. The lowest BCUT2D eigenvalue weighted by Crippen LogP contribution is -2.49. The summed E-state index contributed by atoms with van der Waals surface area (Å²) in [6.07, 6.45) is 4.24. The molecule has 19 heavy (non-hydrogen) atoms. The van der Waals surface area contributed by atoms with Crippen molar-refractivity contribution in [3.8, 4) is 0 Å². The van der Waals surface area contributed by atoms with E-state index in [1.165, 1.54) is 18.6 Å². The molecule has 2 unspecified atom stereocenters. The molecule has 0 aromatic rings. The molecule has 112 valence electrons. The molecule has 4 nitrogen and oxygen atoms in total. The van der Waals surface area contributed by atoms with Gasteiger partial charge in [0.2, 0.25) is 5.91 Å². The van der Waals surface area contributed by atoms with E-state index in [1.807, 2.05) is 11.8 Å². The van der Waals surface area contributed by atoms with Crippen molar-refractivity contribution in [2.75, 3.05) is 25.5 Å². The van der Waals surface area contributed by atoms with Gasteiger partial charge in [0.05, 0.1) is 6.04 Å². The minimum absolute atomic E-state index is 0. The number of nitrogens with one attached hydrogen (secondary N) is 1. The normalized spacial score (nSPS) is 29.6. The second kappa shape index (κ2) is 7.72. The minimum atomic E-state index is -0.371. The molecule has 2 fully saturated rings. The fraction of sp³-hybridized carbons (Fsp3) is 0.923. The SMILES string of the molecule is CC1(CNC(=O)C(N)C2CCOCC2)CCCS1.Cl. The number of ether oxygens (including phenoxy) is 1. The average molecular weight is 309 g/mol. The predicted molar refractivity (Wildman–Crippen MR) is 81.9 cm³/mol. The number of carbonyl (C=O) groups excluding carboxylic acids is 1. The summed E-state index contributed by atoms with van der Waals surface area (Å²) in [4.78, 5) is 12.1. The summed E-state index contributed by atoms with van der Waals surface area (Å²) in [5, 5.41) is 3.04. The van der Waals surface area contributed by atoms with Gasteiger partial charge in [-0.25, -0.2) is 0 Å². The van der Waals surface area contributed by atoms with Gasteiger partial charge in [0.25, 0.3) is 0 Å². The van der Waals surface area contributed by atoms with E-state index >= 15 is 0 Å². The van der Waals surface area contributed by atoms with Crippen LogP contribution in [0.1, 0.15) is 32.6 Å². The second-order valence-corrected chi connectivity index (χ2v) is 7.28. The van der Waals surface area contributed by atoms with E-state index < -0.39 is 0 Å². The molecule has 1 amide bonds. The first kappa shape index (κ1) is 17.1. The number of nitrogens with two attached hydrogens (primary N) is 1. The summed E-state index contributed by atoms with van der Waals surface area (Å²) in [6, 6.07) is -0.371. The van der Waals surface area contributed by atoms with Crippen LogP contribution in [-0.4, -0.2) is 42.2 Å². The third kappa shape index (κ3) is 4.81. The van der Waals surface area contributed by atoms with Crippen molar-refractivity contribution in [3.05, 3.63) is 0 Å². The van der Waals surface area contributed by atoms with Crippen LogP contribution >= 0.6 is 24.2 Å². The number of halogens is 1. The molecule has 2 rings (SSSR count). The molecule has 0 aliphatic carbocycles. The Balaban J connectivity index is 0.00000180. The first-order valence-corrected chi connectivity index (χ1v) is 7.84. The fourth-order valence-electron chi connectivity index (χ4n) is 2.66. The highest BCUT2D eigenvalue weighted by atomic mass is 35.5. The molecule has 2 heterocycles. The van der Waals surface area contributed by atoms with Crippen molar-refractivity contribution in [2.45, 2.75) is 43.4 Å². The first-order chi connectivity index (χ1) is 8.61. The van der Waals surface area contributed by atoms with E-state index in [0.29, 0.717) is 0 Å². The molecule has 6 heteroatoms. The van der Waals surface area contributed by atoms with Crippen molar-refractivity contribution in [1.29, 1.82) is 0 Å². The monoisotopic (exact) mass is 308 g/mol. The maximum Gasteiger partial charge on any atom is 0.237 e. The Bertz CT molecular complexity index is 292. The minimum Gasteiger partial charge on any atom is -0.381 e. The van der Waals surface area contributed by atoms with E-state index in [2.05, 4.69) is 12.2 Å². The Morgan fingerprint density at radius 2 is 2.21 bits per heavy atom. The van der Waals surface area contributed by atoms with Gasteiger partial charge >= 0.3 is 0 Å². The topological polar surface area (TPSA) is 64.4 Å². The van der Waals surface area contributed by atoms with Crippen LogP contribution in [0.2, 0.25) is 0 Å². The Labute approximate surface area is 126 Å². The van der Waals surface area contributed by atoms with Crippen LogP contribution in [0.25, 0.3) is 0 Å². The Morgan fingerprint density at radius 1 is 1.53 bits per heavy atom. The molecule has 0 bridgehead atoms. The molecule has 0 aromatic heterocycles. The number of rotatable bonds is 4. The first-order valence-electron chi connectivity index (χ1n) is 6.86. The second-order valence-electron chi connectivity index (χ2n) is 5.60. The molecule has 2 aliphatic heterocycles. The van der Waals surface area contributed by atoms with Crippen molar-refractivity contribution in [2.24, 2.45) is 11.7 Å². The molecule has 0 saturated carbocycles. The summed E-state index contributed by atoms with van der Waals surface area (Å²) >= 11 is 1.96. The Morgan fingerprint density at radius 3 is 2.79 bits per heavy atom. The fourth-order valence-corrected chi connectivity index (χ4v) is 3.90. The molecular formula is C13H25ClN2O2S. The van der Waals surface area contributed by atoms with Gasteiger partial charge < -0.3 is 15.8 Å². The Kier molecular flexibility index (Phi) is 6.94. The van der Waals surface area contributed by atoms with Crippen molar-refractivity contribution in [3.63, 3.8) is 0 Å². The van der Waals surface area contributed by atoms with Gasteiger partial charge in [-0.05, 0) is 44.3 Å². The van der Waals surface area contributed by atoms with Gasteiger partial charge in [-0.1, -0.05) is 0 Å². The van der Waals surface area contributed by atoms with Gasteiger partial charge in [0.1, 0.15) is 0 Å². The maximum absolute atomic E-state index is 12.1. The highest BCUT2D eigenvalue weighted by Gasteiger charge is 2.32. The van der Waals surface area contributed by atoms with Crippen molar-refractivity contribution in [1.82, 2.24) is 5.32 Å². The zero-order valence-electron chi connectivity index (χ0n) is 11.5. The third-order valence-electron chi connectivity index (χ3n) is 4.01. The maximum atomic E-state index is 12.1. The van der Waals surface area contributed by atoms with E-state index in [-0.39, 0.29) is 35.0 Å². The van der Waals surface area contributed by atoms with Crippen molar-refractivity contribution >= 4 is 30.1 Å².